The van der Waals surface area contributed by atoms with Crippen LogP contribution in [0.5, 0.6) is 0 Å². The van der Waals surface area contributed by atoms with Crippen LogP contribution in [-0.2, 0) is 11.8 Å². The molecule has 0 fully saturated rings. The van der Waals surface area contributed by atoms with Gasteiger partial charge in [0, 0.05) is 29.1 Å². The molecule has 3 aromatic rings. The number of fused-ring (bicyclic) bond motifs is 1. The van der Waals surface area contributed by atoms with E-state index in [2.05, 4.69) is 31.7 Å². The molecule has 1 aliphatic heterocycles. The highest BCUT2D eigenvalue weighted by Crippen LogP contribution is 2.40. The van der Waals surface area contributed by atoms with Crippen LogP contribution < -0.4 is 10.6 Å². The summed E-state index contributed by atoms with van der Waals surface area (Å²) in [7, 11) is 1.73. The molecule has 0 spiro atoms. The first-order valence-electron chi connectivity index (χ1n) is 9.12. The molecule has 154 valence electrons. The minimum absolute atomic E-state index is 0.275. The number of aromatic nitrogens is 2. The van der Waals surface area contributed by atoms with E-state index in [0.717, 1.165) is 5.56 Å². The van der Waals surface area contributed by atoms with Crippen LogP contribution in [0.4, 0.5) is 10.2 Å². The largest absolute Gasteiger partial charge is 0.339 e. The number of rotatable bonds is 3. The number of anilines is 1. The highest BCUT2D eigenvalue weighted by molar-refractivity contribution is 9.10. The topological polar surface area (TPSA) is 76.0 Å². The van der Waals surface area contributed by atoms with E-state index in [1.165, 1.54) is 6.07 Å². The molecule has 4 rings (SSSR count). The Labute approximate surface area is 185 Å². The van der Waals surface area contributed by atoms with Crippen molar-refractivity contribution < 1.29 is 14.0 Å². The maximum absolute atomic E-state index is 13.9. The van der Waals surface area contributed by atoms with Crippen LogP contribution in [-0.4, -0.2) is 27.6 Å². The summed E-state index contributed by atoms with van der Waals surface area (Å²) in [5.41, 5.74) is 2.54. The van der Waals surface area contributed by atoms with Crippen LogP contribution in [0.25, 0.3) is 0 Å². The number of hydrogen-bond acceptors (Lipinski definition) is 3. The van der Waals surface area contributed by atoms with Gasteiger partial charge in [0.1, 0.15) is 17.7 Å². The van der Waals surface area contributed by atoms with Crippen molar-refractivity contribution in [1.82, 2.24) is 15.1 Å². The smallest absolute Gasteiger partial charge is 0.251 e. The molecule has 0 bridgehead atoms. The molecule has 6 nitrogen and oxygen atoms in total. The Morgan fingerprint density at radius 2 is 1.97 bits per heavy atom. The fraction of sp³-hybridized carbons (Fsp3) is 0.190. The van der Waals surface area contributed by atoms with Crippen molar-refractivity contribution in [2.24, 2.45) is 7.05 Å². The monoisotopic (exact) mass is 490 g/mol. The number of nitrogens with zero attached hydrogens (tertiary/aromatic N) is 2. The molecule has 1 aliphatic rings. The average Bonchev–Trinajstić information content (AvgIpc) is 2.98. The van der Waals surface area contributed by atoms with Gasteiger partial charge in [-0.1, -0.05) is 17.7 Å². The van der Waals surface area contributed by atoms with Gasteiger partial charge in [0.25, 0.3) is 5.91 Å². The molecule has 9 heteroatoms. The Bertz CT molecular complexity index is 1160. The summed E-state index contributed by atoms with van der Waals surface area (Å²) in [6.07, 6.45) is 0. The molecule has 2 amide bonds. The molecule has 0 aliphatic carbocycles. The third-order valence-electron chi connectivity index (χ3n) is 5.13. The maximum atomic E-state index is 13.9. The zero-order chi connectivity index (χ0) is 21.6. The molecule has 0 saturated heterocycles. The number of amides is 2. The lowest BCUT2D eigenvalue weighted by Crippen LogP contribution is -2.50. The summed E-state index contributed by atoms with van der Waals surface area (Å²) >= 11 is 9.11. The molecule has 0 radical (unpaired) electrons. The van der Waals surface area contributed by atoms with Gasteiger partial charge in [-0.2, -0.15) is 5.10 Å². The molecule has 2 atom stereocenters. The van der Waals surface area contributed by atoms with Gasteiger partial charge in [0.05, 0.1) is 10.2 Å². The SMILES string of the molecule is Cc1nn(C)c2c1[C@@H](c1ccc(F)c(Br)c1)[C@H](NC(=O)c1ccc(Cl)cc1)C(=O)N2. The Balaban J connectivity index is 1.79. The number of aryl methyl sites for hydroxylation is 2. The van der Waals surface area contributed by atoms with E-state index in [0.29, 0.717) is 27.7 Å². The summed E-state index contributed by atoms with van der Waals surface area (Å²) < 4.78 is 15.7. The molecule has 2 N–H and O–H groups in total. The molecule has 2 heterocycles. The predicted molar refractivity (Wildman–Crippen MR) is 115 cm³/mol. The highest BCUT2D eigenvalue weighted by Gasteiger charge is 2.41. The molecule has 1 aromatic heterocycles. The van der Waals surface area contributed by atoms with Crippen LogP contribution >= 0.6 is 27.5 Å². The summed E-state index contributed by atoms with van der Waals surface area (Å²) in [4.78, 5) is 25.8. The molecule has 0 unspecified atom stereocenters. The lowest BCUT2D eigenvalue weighted by Gasteiger charge is -2.32. The van der Waals surface area contributed by atoms with Crippen LogP contribution in [0.2, 0.25) is 5.02 Å². The van der Waals surface area contributed by atoms with Gasteiger partial charge < -0.3 is 10.6 Å². The standard InChI is InChI=1S/C21H17BrClFN4O2/c1-10-16-17(12-5-8-15(24)14(22)9-12)18(21(30)26-19(16)28(2)27-10)25-20(29)11-3-6-13(23)7-4-11/h3-9,17-18H,1-2H3,(H,25,29)(H,26,30)/t17-,18+/m1/s1. The van der Waals surface area contributed by atoms with E-state index in [9.17, 15) is 14.0 Å². The minimum atomic E-state index is -0.916. The van der Waals surface area contributed by atoms with Crippen LogP contribution in [0.1, 0.15) is 33.1 Å². The van der Waals surface area contributed by atoms with Crippen molar-refractivity contribution in [3.05, 3.63) is 80.2 Å². The quantitative estimate of drug-likeness (QED) is 0.577. The second-order valence-corrected chi connectivity index (χ2v) is 8.36. The van der Waals surface area contributed by atoms with Gasteiger partial charge >= 0.3 is 0 Å². The number of carbonyl (C=O) groups excluding carboxylic acids is 2. The highest BCUT2D eigenvalue weighted by atomic mass is 79.9. The summed E-state index contributed by atoms with van der Waals surface area (Å²) in [6.45, 7) is 1.83. The minimum Gasteiger partial charge on any atom is -0.339 e. The summed E-state index contributed by atoms with van der Waals surface area (Å²) in [6, 6.07) is 10.0. The number of halogens is 3. The fourth-order valence-corrected chi connectivity index (χ4v) is 4.27. The molecular formula is C21H17BrClFN4O2. The van der Waals surface area contributed by atoms with Gasteiger partial charge in [-0.05, 0) is 64.8 Å². The van der Waals surface area contributed by atoms with Crippen molar-refractivity contribution in [2.75, 3.05) is 5.32 Å². The first kappa shape index (κ1) is 20.6. The Morgan fingerprint density at radius 1 is 1.27 bits per heavy atom. The number of hydrogen-bond donors (Lipinski definition) is 2. The van der Waals surface area contributed by atoms with E-state index in [4.69, 9.17) is 11.6 Å². The van der Waals surface area contributed by atoms with Crippen molar-refractivity contribution in [3.63, 3.8) is 0 Å². The Kier molecular flexibility index (Phi) is 5.38. The van der Waals surface area contributed by atoms with Gasteiger partial charge in [-0.15, -0.1) is 0 Å². The van der Waals surface area contributed by atoms with Gasteiger partial charge in [0.2, 0.25) is 5.91 Å². The molecule has 30 heavy (non-hydrogen) atoms. The van der Waals surface area contributed by atoms with E-state index >= 15 is 0 Å². The second kappa shape index (κ2) is 7.85. The van der Waals surface area contributed by atoms with Crippen molar-refractivity contribution in [3.8, 4) is 0 Å². The molecular weight excluding hydrogens is 475 g/mol. The first-order valence-corrected chi connectivity index (χ1v) is 10.3. The van der Waals surface area contributed by atoms with E-state index in [-0.39, 0.29) is 10.4 Å². The maximum Gasteiger partial charge on any atom is 0.251 e. The summed E-state index contributed by atoms with van der Waals surface area (Å²) in [5, 5.41) is 10.6. The van der Waals surface area contributed by atoms with Crippen LogP contribution in [0.3, 0.4) is 0 Å². The first-order chi connectivity index (χ1) is 14.3. The number of carbonyl (C=O) groups is 2. The third-order valence-corrected chi connectivity index (χ3v) is 5.99. The van der Waals surface area contributed by atoms with Gasteiger partial charge in [0.15, 0.2) is 0 Å². The molecule has 0 saturated carbocycles. The van der Waals surface area contributed by atoms with E-state index < -0.39 is 23.7 Å². The van der Waals surface area contributed by atoms with Gasteiger partial charge in [-0.25, -0.2) is 4.39 Å². The van der Waals surface area contributed by atoms with Crippen molar-refractivity contribution in [1.29, 1.82) is 0 Å². The zero-order valence-corrected chi connectivity index (χ0v) is 18.4. The van der Waals surface area contributed by atoms with Crippen molar-refractivity contribution in [2.45, 2.75) is 18.9 Å². The third kappa shape index (κ3) is 3.61. The lowest BCUT2D eigenvalue weighted by molar-refractivity contribution is -0.118. The van der Waals surface area contributed by atoms with E-state index in [1.54, 1.807) is 48.1 Å². The van der Waals surface area contributed by atoms with Crippen molar-refractivity contribution >= 4 is 45.2 Å². The Hall–Kier alpha value is -2.71. The zero-order valence-electron chi connectivity index (χ0n) is 16.0. The Morgan fingerprint density at radius 3 is 2.63 bits per heavy atom. The van der Waals surface area contributed by atoms with Crippen LogP contribution in [0, 0.1) is 12.7 Å². The van der Waals surface area contributed by atoms with Crippen LogP contribution in [0.15, 0.2) is 46.9 Å². The lowest BCUT2D eigenvalue weighted by atomic mass is 9.82. The number of benzene rings is 2. The van der Waals surface area contributed by atoms with Gasteiger partial charge in [-0.3, -0.25) is 14.3 Å². The normalized spacial score (nSPS) is 18.0. The average molecular weight is 492 g/mol. The second-order valence-electron chi connectivity index (χ2n) is 7.07. The number of nitrogens with one attached hydrogen (secondary N) is 2. The van der Waals surface area contributed by atoms with E-state index in [1.807, 2.05) is 6.92 Å². The predicted octanol–water partition coefficient (Wildman–Crippen LogP) is 4.17. The summed E-state index contributed by atoms with van der Waals surface area (Å²) in [5.74, 6) is -1.19. The molecule has 2 aromatic carbocycles. The fourth-order valence-electron chi connectivity index (χ4n) is 3.75.